The molecule has 2 rings (SSSR count). The van der Waals surface area contributed by atoms with Gasteiger partial charge in [0.05, 0.1) is 6.61 Å². The maximum atomic E-state index is 11.5. The van der Waals surface area contributed by atoms with Gasteiger partial charge in [-0.1, -0.05) is 0 Å². The Morgan fingerprint density at radius 3 is 2.62 bits per heavy atom. The summed E-state index contributed by atoms with van der Waals surface area (Å²) in [7, 11) is 0. The Morgan fingerprint density at radius 1 is 1.38 bits per heavy atom. The normalized spacial score (nSPS) is 23.2. The second-order valence-electron chi connectivity index (χ2n) is 3.42. The van der Waals surface area contributed by atoms with Crippen LogP contribution in [0.15, 0.2) is 0 Å². The molecule has 0 atom stereocenters. The number of hydrogen-bond donors (Lipinski definition) is 1. The first-order valence-corrected chi connectivity index (χ1v) is 4.46. The largest absolute Gasteiger partial charge is 0.395 e. The fourth-order valence-corrected chi connectivity index (χ4v) is 1.55. The second-order valence-corrected chi connectivity index (χ2v) is 3.42. The van der Waals surface area contributed by atoms with Crippen molar-refractivity contribution in [3.63, 3.8) is 0 Å². The number of urea groups is 1. The molecule has 1 saturated heterocycles. The number of nitrogens with zero attached hydrogens (tertiary/aromatic N) is 2. The predicted octanol–water partition coefficient (Wildman–Crippen LogP) is -0.595. The van der Waals surface area contributed by atoms with E-state index >= 15 is 0 Å². The second kappa shape index (κ2) is 2.99. The highest BCUT2D eigenvalue weighted by atomic mass is 16.3. The summed E-state index contributed by atoms with van der Waals surface area (Å²) >= 11 is 0. The zero-order valence-electron chi connectivity index (χ0n) is 7.27. The quantitative estimate of drug-likeness (QED) is 0.596. The first-order chi connectivity index (χ1) is 6.24. The molecule has 1 saturated carbocycles. The van der Waals surface area contributed by atoms with Crippen LogP contribution < -0.4 is 0 Å². The SMILES string of the molecule is O=C1CN(CCO)C(=O)N1C1CC1. The van der Waals surface area contributed by atoms with Gasteiger partial charge in [0, 0.05) is 12.6 Å². The maximum Gasteiger partial charge on any atom is 0.327 e. The van der Waals surface area contributed by atoms with Gasteiger partial charge in [-0.25, -0.2) is 4.79 Å². The lowest BCUT2D eigenvalue weighted by Gasteiger charge is -2.14. The van der Waals surface area contributed by atoms with Gasteiger partial charge in [-0.2, -0.15) is 0 Å². The predicted molar refractivity (Wildman–Crippen MR) is 43.9 cm³/mol. The molecule has 0 aromatic heterocycles. The van der Waals surface area contributed by atoms with Crippen LogP contribution in [0.2, 0.25) is 0 Å². The van der Waals surface area contributed by atoms with Crippen molar-refractivity contribution in [2.45, 2.75) is 18.9 Å². The van der Waals surface area contributed by atoms with Crippen LogP contribution in [0, 0.1) is 0 Å². The van der Waals surface area contributed by atoms with Gasteiger partial charge in [-0.3, -0.25) is 9.69 Å². The maximum absolute atomic E-state index is 11.5. The first-order valence-electron chi connectivity index (χ1n) is 4.46. The summed E-state index contributed by atoms with van der Waals surface area (Å²) in [5.41, 5.74) is 0. The molecule has 0 unspecified atom stereocenters. The zero-order chi connectivity index (χ0) is 9.42. The summed E-state index contributed by atoms with van der Waals surface area (Å²) in [6.07, 6.45) is 1.87. The molecule has 2 fully saturated rings. The third kappa shape index (κ3) is 1.39. The lowest BCUT2D eigenvalue weighted by Crippen LogP contribution is -2.35. The van der Waals surface area contributed by atoms with E-state index in [9.17, 15) is 9.59 Å². The van der Waals surface area contributed by atoms with Gasteiger partial charge in [-0.15, -0.1) is 0 Å². The van der Waals surface area contributed by atoms with Crippen LogP contribution in [0.4, 0.5) is 4.79 Å². The number of carbonyl (C=O) groups is 2. The molecule has 72 valence electrons. The number of imide groups is 1. The molecule has 0 bridgehead atoms. The van der Waals surface area contributed by atoms with Crippen molar-refractivity contribution in [2.24, 2.45) is 0 Å². The van der Waals surface area contributed by atoms with Crippen LogP contribution in [-0.4, -0.2) is 52.6 Å². The molecular weight excluding hydrogens is 172 g/mol. The summed E-state index contributed by atoms with van der Waals surface area (Å²) < 4.78 is 0. The van der Waals surface area contributed by atoms with E-state index in [-0.39, 0.29) is 37.7 Å². The lowest BCUT2D eigenvalue weighted by molar-refractivity contribution is -0.125. The Hall–Kier alpha value is -1.10. The Balaban J connectivity index is 2.05. The fraction of sp³-hybridized carbons (Fsp3) is 0.750. The van der Waals surface area contributed by atoms with E-state index in [2.05, 4.69) is 0 Å². The summed E-state index contributed by atoms with van der Waals surface area (Å²) in [6, 6.07) is -0.0924. The van der Waals surface area contributed by atoms with Crippen LogP contribution in [-0.2, 0) is 4.79 Å². The van der Waals surface area contributed by atoms with Crippen LogP contribution in [0.3, 0.4) is 0 Å². The van der Waals surface area contributed by atoms with Crippen molar-refractivity contribution in [1.82, 2.24) is 9.80 Å². The number of rotatable bonds is 3. The third-order valence-electron chi connectivity index (χ3n) is 2.35. The minimum absolute atomic E-state index is 0.0858. The molecular formula is C8H12N2O3. The highest BCUT2D eigenvalue weighted by Crippen LogP contribution is 2.30. The molecule has 0 spiro atoms. The summed E-state index contributed by atoms with van der Waals surface area (Å²) in [5.74, 6) is -0.124. The Morgan fingerprint density at radius 2 is 2.08 bits per heavy atom. The molecule has 5 heteroatoms. The van der Waals surface area contributed by atoms with E-state index in [1.165, 1.54) is 9.80 Å². The van der Waals surface area contributed by atoms with Gasteiger partial charge in [0.25, 0.3) is 5.91 Å². The van der Waals surface area contributed by atoms with Gasteiger partial charge < -0.3 is 10.0 Å². The first kappa shape index (κ1) is 8.50. The van der Waals surface area contributed by atoms with E-state index in [1.54, 1.807) is 0 Å². The molecule has 3 amide bonds. The minimum Gasteiger partial charge on any atom is -0.395 e. The number of aliphatic hydroxyl groups is 1. The number of aliphatic hydroxyl groups excluding tert-OH is 1. The van der Waals surface area contributed by atoms with E-state index < -0.39 is 0 Å². The highest BCUT2D eigenvalue weighted by molar-refractivity contribution is 6.02. The average Bonchev–Trinajstić information content (AvgIpc) is 2.84. The number of amides is 3. The molecule has 5 nitrogen and oxygen atoms in total. The minimum atomic E-state index is -0.235. The monoisotopic (exact) mass is 184 g/mol. The molecule has 0 radical (unpaired) electrons. The van der Waals surface area contributed by atoms with Crippen LogP contribution in [0.1, 0.15) is 12.8 Å². The van der Waals surface area contributed by atoms with Crippen molar-refractivity contribution in [1.29, 1.82) is 0 Å². The highest BCUT2D eigenvalue weighted by Gasteiger charge is 2.44. The molecule has 0 aromatic rings. The molecule has 13 heavy (non-hydrogen) atoms. The van der Waals surface area contributed by atoms with Gasteiger partial charge in [0.1, 0.15) is 6.54 Å². The smallest absolute Gasteiger partial charge is 0.327 e. The van der Waals surface area contributed by atoms with Gasteiger partial charge in [0.15, 0.2) is 0 Å². The van der Waals surface area contributed by atoms with E-state index in [4.69, 9.17) is 5.11 Å². The Bertz CT molecular complexity index is 250. The number of β-amino-alcohol motifs (C(OH)–C–C–N with tert-alkyl or cyclic N) is 1. The molecule has 0 aromatic carbocycles. The summed E-state index contributed by atoms with van der Waals surface area (Å²) in [4.78, 5) is 25.6. The molecule has 1 aliphatic heterocycles. The molecule has 1 aliphatic carbocycles. The van der Waals surface area contributed by atoms with Gasteiger partial charge in [-0.05, 0) is 12.8 Å². The van der Waals surface area contributed by atoms with Crippen molar-refractivity contribution in [3.8, 4) is 0 Å². The van der Waals surface area contributed by atoms with Crippen LogP contribution >= 0.6 is 0 Å². The average molecular weight is 184 g/mol. The van der Waals surface area contributed by atoms with Crippen molar-refractivity contribution >= 4 is 11.9 Å². The lowest BCUT2D eigenvalue weighted by atomic mass is 10.5. The van der Waals surface area contributed by atoms with E-state index in [0.717, 1.165) is 12.8 Å². The molecule has 1 heterocycles. The fourth-order valence-electron chi connectivity index (χ4n) is 1.55. The van der Waals surface area contributed by atoms with Crippen molar-refractivity contribution < 1.29 is 14.7 Å². The zero-order valence-corrected chi connectivity index (χ0v) is 7.27. The number of hydrogen-bond acceptors (Lipinski definition) is 3. The summed E-state index contributed by atoms with van der Waals surface area (Å²) in [5, 5.41) is 8.65. The summed E-state index contributed by atoms with van der Waals surface area (Å²) in [6.45, 7) is 0.307. The third-order valence-corrected chi connectivity index (χ3v) is 2.35. The van der Waals surface area contributed by atoms with Gasteiger partial charge in [0.2, 0.25) is 0 Å². The number of carbonyl (C=O) groups excluding carboxylic acids is 2. The molecule has 1 N–H and O–H groups in total. The standard InChI is InChI=1S/C8H12N2O3/c11-4-3-9-5-7(12)10(8(9)13)6-1-2-6/h6,11H,1-5H2. The topological polar surface area (TPSA) is 60.9 Å². The van der Waals surface area contributed by atoms with Gasteiger partial charge >= 0.3 is 6.03 Å². The Kier molecular flexibility index (Phi) is 1.95. The van der Waals surface area contributed by atoms with Crippen molar-refractivity contribution in [3.05, 3.63) is 0 Å². The Labute approximate surface area is 75.9 Å². The van der Waals surface area contributed by atoms with Crippen LogP contribution in [0.25, 0.3) is 0 Å². The van der Waals surface area contributed by atoms with Crippen LogP contribution in [0.5, 0.6) is 0 Å². The molecule has 2 aliphatic rings. The van der Waals surface area contributed by atoms with Crippen molar-refractivity contribution in [2.75, 3.05) is 19.7 Å². The van der Waals surface area contributed by atoms with E-state index in [0.29, 0.717) is 0 Å². The van der Waals surface area contributed by atoms with E-state index in [1.807, 2.05) is 0 Å².